The van der Waals surface area contributed by atoms with E-state index in [0.29, 0.717) is 6.42 Å². The summed E-state index contributed by atoms with van der Waals surface area (Å²) in [5.41, 5.74) is 0.859. The lowest BCUT2D eigenvalue weighted by atomic mass is 10.1. The molecule has 0 amide bonds. The van der Waals surface area contributed by atoms with Crippen LogP contribution in [0.15, 0.2) is 5.16 Å². The van der Waals surface area contributed by atoms with Gasteiger partial charge in [0.05, 0.1) is 12.3 Å². The maximum Gasteiger partial charge on any atom is 0.160 e. The lowest BCUT2D eigenvalue weighted by Crippen LogP contribution is -2.29. The molecule has 1 rings (SSSR count). The van der Waals surface area contributed by atoms with Gasteiger partial charge in [-0.25, -0.2) is 0 Å². The van der Waals surface area contributed by atoms with E-state index in [9.17, 15) is 0 Å². The van der Waals surface area contributed by atoms with Gasteiger partial charge in [0.25, 0.3) is 0 Å². The van der Waals surface area contributed by atoms with Crippen molar-refractivity contribution < 1.29 is 15.1 Å². The minimum absolute atomic E-state index is 0.270. The van der Waals surface area contributed by atoms with Crippen LogP contribution in [-0.2, 0) is 4.84 Å². The summed E-state index contributed by atoms with van der Waals surface area (Å²) in [6.07, 6.45) is -0.534. The van der Waals surface area contributed by atoms with Crippen molar-refractivity contribution in [2.45, 2.75) is 25.6 Å². The standard InChI is InChI=1S/C6H11NO3/c1-4-2-6(10-7-4)5(9)3-8/h5-6,8-9H,2-3H2,1H3/t5-,6+/m1/s1. The molecule has 4 nitrogen and oxygen atoms in total. The van der Waals surface area contributed by atoms with Gasteiger partial charge >= 0.3 is 0 Å². The molecule has 0 bridgehead atoms. The molecule has 2 N–H and O–H groups in total. The van der Waals surface area contributed by atoms with Crippen molar-refractivity contribution in [2.75, 3.05) is 6.61 Å². The molecular weight excluding hydrogens is 134 g/mol. The Morgan fingerprint density at radius 2 is 2.60 bits per heavy atom. The van der Waals surface area contributed by atoms with Crippen molar-refractivity contribution in [3.63, 3.8) is 0 Å². The first-order chi connectivity index (χ1) is 4.74. The minimum Gasteiger partial charge on any atom is -0.394 e. The molecule has 0 saturated carbocycles. The monoisotopic (exact) mass is 145 g/mol. The second kappa shape index (κ2) is 2.98. The maximum absolute atomic E-state index is 9.03. The number of rotatable bonds is 2. The van der Waals surface area contributed by atoms with Crippen LogP contribution in [0.25, 0.3) is 0 Å². The molecule has 0 fully saturated rings. The zero-order valence-electron chi connectivity index (χ0n) is 5.82. The number of nitrogens with zero attached hydrogens (tertiary/aromatic N) is 1. The second-order valence-electron chi connectivity index (χ2n) is 2.42. The van der Waals surface area contributed by atoms with Crippen LogP contribution in [0, 0.1) is 0 Å². The third-order valence-corrected chi connectivity index (χ3v) is 1.46. The number of oxime groups is 1. The van der Waals surface area contributed by atoms with Crippen LogP contribution >= 0.6 is 0 Å². The highest BCUT2D eigenvalue weighted by atomic mass is 16.7. The topological polar surface area (TPSA) is 62.0 Å². The molecule has 58 valence electrons. The summed E-state index contributed by atoms with van der Waals surface area (Å²) in [5.74, 6) is 0. The smallest absolute Gasteiger partial charge is 0.160 e. The maximum atomic E-state index is 9.03. The van der Waals surface area contributed by atoms with Gasteiger partial charge in [-0.1, -0.05) is 5.16 Å². The van der Waals surface area contributed by atoms with Crippen LogP contribution in [0.4, 0.5) is 0 Å². The fraction of sp³-hybridized carbons (Fsp3) is 0.833. The summed E-state index contributed by atoms with van der Waals surface area (Å²) >= 11 is 0. The van der Waals surface area contributed by atoms with E-state index in [-0.39, 0.29) is 12.7 Å². The van der Waals surface area contributed by atoms with Crippen molar-refractivity contribution in [3.05, 3.63) is 0 Å². The molecule has 1 aliphatic heterocycles. The van der Waals surface area contributed by atoms with Gasteiger partial charge in [-0.05, 0) is 6.92 Å². The fourth-order valence-corrected chi connectivity index (χ4v) is 0.847. The largest absolute Gasteiger partial charge is 0.394 e. The SMILES string of the molecule is CC1=NO[C@H]([C@H](O)CO)C1. The van der Waals surface area contributed by atoms with E-state index in [2.05, 4.69) is 5.16 Å². The summed E-state index contributed by atoms with van der Waals surface area (Å²) in [7, 11) is 0. The molecule has 1 aliphatic rings. The Morgan fingerprint density at radius 3 is 3.00 bits per heavy atom. The van der Waals surface area contributed by atoms with Crippen molar-refractivity contribution in [3.8, 4) is 0 Å². The van der Waals surface area contributed by atoms with E-state index in [0.717, 1.165) is 5.71 Å². The molecule has 0 radical (unpaired) electrons. The first kappa shape index (κ1) is 7.50. The molecule has 0 saturated heterocycles. The predicted molar refractivity (Wildman–Crippen MR) is 35.7 cm³/mol. The molecule has 2 atom stereocenters. The van der Waals surface area contributed by atoms with Crippen LogP contribution in [-0.4, -0.2) is 34.7 Å². The average Bonchev–Trinajstić information content (AvgIpc) is 2.34. The summed E-state index contributed by atoms with van der Waals surface area (Å²) < 4.78 is 0. The Balaban J connectivity index is 2.34. The minimum atomic E-state index is -0.804. The van der Waals surface area contributed by atoms with E-state index >= 15 is 0 Å². The summed E-state index contributed by atoms with van der Waals surface area (Å²) in [5, 5.41) is 21.2. The Labute approximate surface area is 59.1 Å². The third-order valence-electron chi connectivity index (χ3n) is 1.46. The van der Waals surface area contributed by atoms with Gasteiger partial charge < -0.3 is 15.1 Å². The molecule has 0 aliphatic carbocycles. The number of aliphatic hydroxyl groups is 2. The normalized spacial score (nSPS) is 27.5. The van der Waals surface area contributed by atoms with Crippen molar-refractivity contribution >= 4 is 5.71 Å². The van der Waals surface area contributed by atoms with E-state index < -0.39 is 6.10 Å². The number of hydrogen-bond donors (Lipinski definition) is 2. The summed E-state index contributed by atoms with van der Waals surface area (Å²) in [6, 6.07) is 0. The highest BCUT2D eigenvalue weighted by Crippen LogP contribution is 2.13. The van der Waals surface area contributed by atoms with Gasteiger partial charge in [0.15, 0.2) is 6.10 Å². The van der Waals surface area contributed by atoms with Gasteiger partial charge in [0, 0.05) is 6.42 Å². The molecule has 0 aromatic heterocycles. The summed E-state index contributed by atoms with van der Waals surface area (Å²) in [4.78, 5) is 4.80. The highest BCUT2D eigenvalue weighted by Gasteiger charge is 2.25. The Hall–Kier alpha value is -0.610. The molecule has 10 heavy (non-hydrogen) atoms. The van der Waals surface area contributed by atoms with Gasteiger partial charge in [-0.15, -0.1) is 0 Å². The van der Waals surface area contributed by atoms with Gasteiger partial charge in [-0.3, -0.25) is 0 Å². The average molecular weight is 145 g/mol. The van der Waals surface area contributed by atoms with Crippen molar-refractivity contribution in [2.24, 2.45) is 5.16 Å². The first-order valence-corrected chi connectivity index (χ1v) is 3.22. The van der Waals surface area contributed by atoms with E-state index in [1.807, 2.05) is 6.92 Å². The molecule has 0 aromatic carbocycles. The quantitative estimate of drug-likeness (QED) is 0.551. The molecule has 0 aromatic rings. The van der Waals surface area contributed by atoms with Crippen molar-refractivity contribution in [1.29, 1.82) is 0 Å². The Kier molecular flexibility index (Phi) is 2.24. The van der Waals surface area contributed by atoms with E-state index in [4.69, 9.17) is 15.1 Å². The zero-order valence-corrected chi connectivity index (χ0v) is 5.82. The first-order valence-electron chi connectivity index (χ1n) is 3.22. The van der Waals surface area contributed by atoms with Gasteiger partial charge in [0.1, 0.15) is 6.10 Å². The van der Waals surface area contributed by atoms with Crippen molar-refractivity contribution in [1.82, 2.24) is 0 Å². The molecule has 1 heterocycles. The third kappa shape index (κ3) is 1.46. The summed E-state index contributed by atoms with van der Waals surface area (Å²) in [6.45, 7) is 1.55. The lowest BCUT2D eigenvalue weighted by Gasteiger charge is -2.12. The molecular formula is C6H11NO3. The van der Waals surface area contributed by atoms with Crippen LogP contribution in [0.1, 0.15) is 13.3 Å². The predicted octanol–water partition coefficient (Wildman–Crippen LogP) is -0.496. The fourth-order valence-electron chi connectivity index (χ4n) is 0.847. The number of aliphatic hydroxyl groups excluding tert-OH is 2. The van der Waals surface area contributed by atoms with Gasteiger partial charge in [-0.2, -0.15) is 0 Å². The highest BCUT2D eigenvalue weighted by molar-refractivity contribution is 5.82. The van der Waals surface area contributed by atoms with Gasteiger partial charge in [0.2, 0.25) is 0 Å². The molecule has 0 unspecified atom stereocenters. The van der Waals surface area contributed by atoms with Crippen LogP contribution in [0.5, 0.6) is 0 Å². The Bertz CT molecular complexity index is 146. The Morgan fingerprint density at radius 1 is 1.90 bits per heavy atom. The van der Waals surface area contributed by atoms with Crippen LogP contribution < -0.4 is 0 Å². The molecule has 4 heteroatoms. The zero-order chi connectivity index (χ0) is 7.56. The van der Waals surface area contributed by atoms with E-state index in [1.165, 1.54) is 0 Å². The van der Waals surface area contributed by atoms with Crippen LogP contribution in [0.3, 0.4) is 0 Å². The molecule has 0 spiro atoms. The second-order valence-corrected chi connectivity index (χ2v) is 2.42. The lowest BCUT2D eigenvalue weighted by molar-refractivity contribution is -0.0407. The van der Waals surface area contributed by atoms with E-state index in [1.54, 1.807) is 0 Å². The number of hydrogen-bond acceptors (Lipinski definition) is 4. The van der Waals surface area contributed by atoms with Crippen LogP contribution in [0.2, 0.25) is 0 Å².